The number of hydrogen-bond acceptors (Lipinski definition) is 4. The second-order valence-electron chi connectivity index (χ2n) is 7.38. The number of fused-ring (bicyclic) bond motifs is 2. The first-order chi connectivity index (χ1) is 14.0. The van der Waals surface area contributed by atoms with Gasteiger partial charge in [-0.05, 0) is 59.7 Å². The van der Waals surface area contributed by atoms with Gasteiger partial charge < -0.3 is 9.72 Å². The normalized spacial score (nSPS) is 18.0. The molecule has 5 rings (SSSR count). The van der Waals surface area contributed by atoms with Crippen molar-refractivity contribution in [1.29, 1.82) is 5.26 Å². The Morgan fingerprint density at radius 2 is 2.17 bits per heavy atom. The van der Waals surface area contributed by atoms with Crippen LogP contribution in [0.4, 0.5) is 5.82 Å². The molecular formula is C22H16ClN5O. The maximum absolute atomic E-state index is 12.2. The number of rotatable bonds is 3. The van der Waals surface area contributed by atoms with E-state index in [0.29, 0.717) is 17.3 Å². The Morgan fingerprint density at radius 1 is 1.31 bits per heavy atom. The molecule has 4 aromatic rings. The summed E-state index contributed by atoms with van der Waals surface area (Å²) in [6.07, 6.45) is 7.99. The fraction of sp³-hybridized carbons (Fsp3) is 0.182. The third-order valence-electron chi connectivity index (χ3n) is 5.37. The van der Waals surface area contributed by atoms with Gasteiger partial charge in [0.2, 0.25) is 5.91 Å². The number of nitriles is 1. The molecule has 0 saturated heterocycles. The minimum absolute atomic E-state index is 0.161. The zero-order chi connectivity index (χ0) is 20.1. The average Bonchev–Trinajstić information content (AvgIpc) is 3.37. The van der Waals surface area contributed by atoms with Crippen LogP contribution in [-0.4, -0.2) is 20.3 Å². The molecule has 142 valence electrons. The van der Waals surface area contributed by atoms with Gasteiger partial charge in [0.15, 0.2) is 0 Å². The molecule has 6 nitrogen and oxygen atoms in total. The van der Waals surface area contributed by atoms with Crippen LogP contribution < -0.4 is 5.32 Å². The number of halogens is 1. The minimum atomic E-state index is -0.239. The lowest BCUT2D eigenvalue weighted by atomic mass is 9.99. The minimum Gasteiger partial charge on any atom is -0.310 e. The number of aromatic nitrogens is 3. The monoisotopic (exact) mass is 401 g/mol. The summed E-state index contributed by atoms with van der Waals surface area (Å²) in [5.74, 6) is -0.126. The molecule has 2 atom stereocenters. The molecule has 1 amide bonds. The molecular weight excluding hydrogens is 386 g/mol. The van der Waals surface area contributed by atoms with E-state index >= 15 is 0 Å². The third-order valence-corrected chi connectivity index (χ3v) is 5.68. The van der Waals surface area contributed by atoms with Gasteiger partial charge in [-0.1, -0.05) is 11.6 Å². The molecule has 1 N–H and O–H groups in total. The number of benzene rings is 1. The summed E-state index contributed by atoms with van der Waals surface area (Å²) in [5.41, 5.74) is 3.98. The van der Waals surface area contributed by atoms with E-state index in [2.05, 4.69) is 21.4 Å². The second-order valence-corrected chi connectivity index (χ2v) is 7.79. The van der Waals surface area contributed by atoms with E-state index in [0.717, 1.165) is 33.1 Å². The van der Waals surface area contributed by atoms with Crippen LogP contribution in [-0.2, 0) is 4.79 Å². The first-order valence-corrected chi connectivity index (χ1v) is 9.65. The van der Waals surface area contributed by atoms with Gasteiger partial charge in [0.05, 0.1) is 22.9 Å². The Bertz CT molecular complexity index is 1340. The van der Waals surface area contributed by atoms with Crippen molar-refractivity contribution < 1.29 is 4.79 Å². The molecule has 0 spiro atoms. The van der Waals surface area contributed by atoms with E-state index in [4.69, 9.17) is 16.9 Å². The van der Waals surface area contributed by atoms with Crippen LogP contribution >= 0.6 is 11.6 Å². The van der Waals surface area contributed by atoms with Crippen LogP contribution in [0.15, 0.2) is 49.1 Å². The van der Waals surface area contributed by atoms with Crippen molar-refractivity contribution in [3.63, 3.8) is 0 Å². The largest absolute Gasteiger partial charge is 0.310 e. The highest BCUT2D eigenvalue weighted by atomic mass is 35.5. The molecule has 1 aliphatic rings. The number of imidazole rings is 1. The van der Waals surface area contributed by atoms with Gasteiger partial charge in [0, 0.05) is 30.2 Å². The third kappa shape index (κ3) is 3.10. The topological polar surface area (TPSA) is 83.1 Å². The van der Waals surface area contributed by atoms with Crippen molar-refractivity contribution in [2.75, 3.05) is 5.32 Å². The van der Waals surface area contributed by atoms with Crippen molar-refractivity contribution >= 4 is 39.7 Å². The summed E-state index contributed by atoms with van der Waals surface area (Å²) in [5, 5.41) is 14.0. The Morgan fingerprint density at radius 3 is 2.97 bits per heavy atom. The summed E-state index contributed by atoms with van der Waals surface area (Å²) in [4.78, 5) is 20.9. The SMILES string of the molecule is Cc1cn2ccnc2cc1-c1cc(Cl)c2cnc(NC(=O)[C@@H]3C[C@H]3C#N)cc2c1. The molecule has 3 heterocycles. The number of amides is 1. The molecule has 1 aliphatic carbocycles. The lowest BCUT2D eigenvalue weighted by Gasteiger charge is -2.11. The Balaban J connectivity index is 1.54. The van der Waals surface area contributed by atoms with Gasteiger partial charge in [-0.3, -0.25) is 4.79 Å². The van der Waals surface area contributed by atoms with E-state index in [9.17, 15) is 4.79 Å². The highest BCUT2D eigenvalue weighted by Crippen LogP contribution is 2.39. The molecule has 1 saturated carbocycles. The fourth-order valence-corrected chi connectivity index (χ4v) is 3.94. The van der Waals surface area contributed by atoms with Gasteiger partial charge in [-0.15, -0.1) is 0 Å². The van der Waals surface area contributed by atoms with Crippen LogP contribution in [0.1, 0.15) is 12.0 Å². The summed E-state index contributed by atoms with van der Waals surface area (Å²) in [6, 6.07) is 9.94. The highest BCUT2D eigenvalue weighted by molar-refractivity contribution is 6.36. The van der Waals surface area contributed by atoms with E-state index in [-0.39, 0.29) is 17.7 Å². The number of nitrogens with one attached hydrogen (secondary N) is 1. The second kappa shape index (κ2) is 6.57. The van der Waals surface area contributed by atoms with Gasteiger partial charge in [-0.2, -0.15) is 5.26 Å². The quantitative estimate of drug-likeness (QED) is 0.543. The predicted octanol–water partition coefficient (Wildman–Crippen LogP) is 4.61. The lowest BCUT2D eigenvalue weighted by Crippen LogP contribution is -2.15. The highest BCUT2D eigenvalue weighted by Gasteiger charge is 2.43. The van der Waals surface area contributed by atoms with Gasteiger partial charge in [0.25, 0.3) is 0 Å². The van der Waals surface area contributed by atoms with Crippen LogP contribution in [0.5, 0.6) is 0 Å². The van der Waals surface area contributed by atoms with E-state index in [1.165, 1.54) is 0 Å². The predicted molar refractivity (Wildman–Crippen MR) is 112 cm³/mol. The number of carbonyl (C=O) groups is 1. The number of pyridine rings is 2. The van der Waals surface area contributed by atoms with Gasteiger partial charge in [0.1, 0.15) is 11.5 Å². The maximum Gasteiger partial charge on any atom is 0.230 e. The zero-order valence-corrected chi connectivity index (χ0v) is 16.3. The van der Waals surface area contributed by atoms with Crippen molar-refractivity contribution in [1.82, 2.24) is 14.4 Å². The van der Waals surface area contributed by atoms with Crippen molar-refractivity contribution in [3.8, 4) is 17.2 Å². The number of nitrogens with zero attached hydrogens (tertiary/aromatic N) is 4. The van der Waals surface area contributed by atoms with Gasteiger partial charge in [-0.25, -0.2) is 9.97 Å². The average molecular weight is 402 g/mol. The van der Waals surface area contributed by atoms with Gasteiger partial charge >= 0.3 is 0 Å². The summed E-state index contributed by atoms with van der Waals surface area (Å²) < 4.78 is 1.98. The zero-order valence-electron chi connectivity index (χ0n) is 15.6. The fourth-order valence-electron chi connectivity index (χ4n) is 3.66. The number of aryl methyl sites for hydroxylation is 1. The first-order valence-electron chi connectivity index (χ1n) is 9.27. The molecule has 0 aliphatic heterocycles. The van der Waals surface area contributed by atoms with E-state index in [1.54, 1.807) is 12.4 Å². The molecule has 1 fully saturated rings. The molecule has 0 radical (unpaired) electrons. The molecule has 7 heteroatoms. The molecule has 29 heavy (non-hydrogen) atoms. The number of hydrogen-bond donors (Lipinski definition) is 1. The van der Waals surface area contributed by atoms with Crippen molar-refractivity contribution in [2.24, 2.45) is 11.8 Å². The van der Waals surface area contributed by atoms with E-state index < -0.39 is 0 Å². The van der Waals surface area contributed by atoms with E-state index in [1.807, 2.05) is 48.0 Å². The van der Waals surface area contributed by atoms with Crippen molar-refractivity contribution in [3.05, 3.63) is 59.6 Å². The van der Waals surface area contributed by atoms with Crippen LogP contribution in [0.2, 0.25) is 5.02 Å². The molecule has 0 unspecified atom stereocenters. The lowest BCUT2D eigenvalue weighted by molar-refractivity contribution is -0.117. The molecule has 3 aromatic heterocycles. The van der Waals surface area contributed by atoms with Crippen LogP contribution in [0, 0.1) is 30.1 Å². The van der Waals surface area contributed by atoms with Crippen LogP contribution in [0.25, 0.3) is 27.5 Å². The smallest absolute Gasteiger partial charge is 0.230 e. The number of carbonyl (C=O) groups excluding carboxylic acids is 1. The summed E-state index contributed by atoms with van der Waals surface area (Å²) in [7, 11) is 0. The number of anilines is 1. The maximum atomic E-state index is 12.2. The van der Waals surface area contributed by atoms with Crippen molar-refractivity contribution in [2.45, 2.75) is 13.3 Å². The Labute approximate surface area is 171 Å². The summed E-state index contributed by atoms with van der Waals surface area (Å²) >= 11 is 6.53. The Kier molecular flexibility index (Phi) is 4.00. The molecule has 1 aromatic carbocycles. The standard InChI is InChI=1S/C22H16ClN5O/c1-12-11-28-3-2-25-21(28)8-16(12)13-4-14-7-20(26-10-18(14)19(23)6-13)27-22(29)17-5-15(17)9-24/h2-4,6-8,10-11,15,17H,5H2,1H3,(H,26,27,29)/t15-,17+/m0/s1. The summed E-state index contributed by atoms with van der Waals surface area (Å²) in [6.45, 7) is 2.05. The Hall–Kier alpha value is -3.43. The first kappa shape index (κ1) is 17.7. The molecule has 0 bridgehead atoms. The van der Waals surface area contributed by atoms with Crippen LogP contribution in [0.3, 0.4) is 0 Å².